The highest BCUT2D eigenvalue weighted by Crippen LogP contribution is 2.65. The number of hydrogen-bond acceptors (Lipinski definition) is 5. The van der Waals surface area contributed by atoms with Crippen molar-refractivity contribution in [3.63, 3.8) is 0 Å². The van der Waals surface area contributed by atoms with E-state index in [-0.39, 0.29) is 12.0 Å². The van der Waals surface area contributed by atoms with Crippen LogP contribution in [0.25, 0.3) is 6.08 Å². The molecular weight excluding hydrogens is 486 g/mol. The number of rotatable bonds is 6. The first kappa shape index (κ1) is 25.7. The van der Waals surface area contributed by atoms with E-state index in [1.165, 1.54) is 11.1 Å². The molecule has 3 aromatic rings. The predicted octanol–water partition coefficient (Wildman–Crippen LogP) is 6.84. The molecule has 5 heteroatoms. The van der Waals surface area contributed by atoms with E-state index in [9.17, 15) is 4.79 Å². The molecule has 0 radical (unpaired) electrons. The van der Waals surface area contributed by atoms with Crippen LogP contribution in [0.3, 0.4) is 0 Å². The molecule has 0 amide bonds. The van der Waals surface area contributed by atoms with Crippen LogP contribution in [0.5, 0.6) is 17.2 Å². The molecule has 4 atom stereocenters. The van der Waals surface area contributed by atoms with Crippen LogP contribution in [0.15, 0.2) is 78.4 Å². The van der Waals surface area contributed by atoms with E-state index < -0.39 is 5.41 Å². The van der Waals surface area contributed by atoms with Gasteiger partial charge in [0.15, 0.2) is 5.78 Å². The van der Waals surface area contributed by atoms with Gasteiger partial charge in [0.05, 0.1) is 26.7 Å². The van der Waals surface area contributed by atoms with Crippen molar-refractivity contribution in [1.29, 1.82) is 0 Å². The molecular formula is C34H37NO4. The summed E-state index contributed by atoms with van der Waals surface area (Å²) in [5.41, 5.74) is 3.88. The molecule has 2 aliphatic heterocycles. The number of nitrogens with zero attached hydrogens (tertiary/aromatic N) is 1. The molecule has 39 heavy (non-hydrogen) atoms. The van der Waals surface area contributed by atoms with Gasteiger partial charge in [-0.1, -0.05) is 36.4 Å². The summed E-state index contributed by atoms with van der Waals surface area (Å²) in [7, 11) is 5.07. The molecule has 3 aromatic carbocycles. The quantitative estimate of drug-likeness (QED) is 0.331. The highest BCUT2D eigenvalue weighted by atomic mass is 16.5. The van der Waals surface area contributed by atoms with Crippen molar-refractivity contribution in [3.05, 3.63) is 95.1 Å². The summed E-state index contributed by atoms with van der Waals surface area (Å²) in [5, 5.41) is 0. The van der Waals surface area contributed by atoms with Crippen molar-refractivity contribution in [2.75, 3.05) is 27.9 Å². The van der Waals surface area contributed by atoms with E-state index in [0.29, 0.717) is 11.8 Å². The third kappa shape index (κ3) is 4.33. The lowest BCUT2D eigenvalue weighted by atomic mass is 9.57. The number of ketones is 1. The van der Waals surface area contributed by atoms with Gasteiger partial charge in [-0.3, -0.25) is 9.69 Å². The second kappa shape index (κ2) is 10.5. The van der Waals surface area contributed by atoms with Gasteiger partial charge in [0.2, 0.25) is 0 Å². The molecule has 1 saturated carbocycles. The van der Waals surface area contributed by atoms with Crippen LogP contribution in [-0.2, 0) is 4.79 Å². The number of fused-ring (bicyclic) bond motifs is 1. The number of carbonyl (C=O) groups is 1. The first-order chi connectivity index (χ1) is 19.1. The molecule has 2 heterocycles. The lowest BCUT2D eigenvalue weighted by molar-refractivity contribution is -0.129. The summed E-state index contributed by atoms with van der Waals surface area (Å²) in [5.74, 6) is 2.92. The van der Waals surface area contributed by atoms with E-state index >= 15 is 0 Å². The Kier molecular flexibility index (Phi) is 6.94. The average molecular weight is 524 g/mol. The Hall–Kier alpha value is -3.57. The number of carbonyl (C=O) groups excluding carboxylic acids is 1. The first-order valence-corrected chi connectivity index (χ1v) is 14.0. The molecule has 5 nitrogen and oxygen atoms in total. The summed E-state index contributed by atoms with van der Waals surface area (Å²) < 4.78 is 16.3. The molecule has 2 saturated heterocycles. The normalized spacial score (nSPS) is 27.6. The van der Waals surface area contributed by atoms with Gasteiger partial charge in [-0.2, -0.15) is 0 Å². The van der Waals surface area contributed by atoms with Gasteiger partial charge in [-0.25, -0.2) is 0 Å². The van der Waals surface area contributed by atoms with Crippen molar-refractivity contribution < 1.29 is 19.0 Å². The second-order valence-electron chi connectivity index (χ2n) is 11.0. The van der Waals surface area contributed by atoms with Gasteiger partial charge < -0.3 is 14.2 Å². The maximum atomic E-state index is 15.0. The van der Waals surface area contributed by atoms with Gasteiger partial charge in [0.1, 0.15) is 17.2 Å². The Morgan fingerprint density at radius 2 is 1.33 bits per heavy atom. The van der Waals surface area contributed by atoms with Gasteiger partial charge in [0, 0.05) is 18.0 Å². The number of allylic oxidation sites excluding steroid dienone is 1. The highest BCUT2D eigenvalue weighted by Gasteiger charge is 2.65. The van der Waals surface area contributed by atoms with Gasteiger partial charge in [-0.15, -0.1) is 0 Å². The molecule has 3 aliphatic rings. The van der Waals surface area contributed by atoms with E-state index in [0.717, 1.165) is 67.0 Å². The Bertz CT molecular complexity index is 1280. The monoisotopic (exact) mass is 523 g/mol. The lowest BCUT2D eigenvalue weighted by Gasteiger charge is -2.44. The SMILES string of the molecule is COc1ccc(/C=C2\CCC[C@]3(C2=O)[C@H](c2ccc(OC)cc2)N2CCC[C@H]2[C@@H]3c2ccc(OC)cc2)cc1. The third-order valence-corrected chi connectivity index (χ3v) is 9.22. The largest absolute Gasteiger partial charge is 0.497 e. The fourth-order valence-corrected chi connectivity index (χ4v) is 7.60. The van der Waals surface area contributed by atoms with Crippen LogP contribution in [0.2, 0.25) is 0 Å². The zero-order valence-corrected chi connectivity index (χ0v) is 23.1. The van der Waals surface area contributed by atoms with Gasteiger partial charge in [0.25, 0.3) is 0 Å². The molecule has 1 aliphatic carbocycles. The van der Waals surface area contributed by atoms with E-state index in [4.69, 9.17) is 14.2 Å². The van der Waals surface area contributed by atoms with Crippen LogP contribution < -0.4 is 14.2 Å². The molecule has 3 fully saturated rings. The number of hydrogen-bond donors (Lipinski definition) is 0. The zero-order valence-electron chi connectivity index (χ0n) is 23.1. The fourth-order valence-electron chi connectivity index (χ4n) is 7.60. The standard InChI is InChI=1S/C34H37NO4/c1-37-27-14-8-23(9-15-27)22-26-6-4-20-34(33(26)36)31(24-10-16-28(38-2)17-11-24)30-7-5-21-35(30)32(34)25-12-18-29(39-3)19-13-25/h8-19,22,30-32H,4-7,20-21H2,1-3H3/b26-22+/t30-,31-,32-,34+/m0/s1. The van der Waals surface area contributed by atoms with Crippen molar-refractivity contribution in [1.82, 2.24) is 4.90 Å². The van der Waals surface area contributed by atoms with Crippen molar-refractivity contribution >= 4 is 11.9 Å². The van der Waals surface area contributed by atoms with Gasteiger partial charge >= 0.3 is 0 Å². The minimum absolute atomic E-state index is 0.0232. The predicted molar refractivity (Wildman–Crippen MR) is 153 cm³/mol. The van der Waals surface area contributed by atoms with E-state index in [2.05, 4.69) is 35.2 Å². The number of Topliss-reactive ketones (excluding diaryl/α,β-unsaturated/α-hetero) is 1. The summed E-state index contributed by atoms with van der Waals surface area (Å²) in [4.78, 5) is 17.6. The average Bonchev–Trinajstić information content (AvgIpc) is 3.55. The summed E-state index contributed by atoms with van der Waals surface area (Å²) in [6.45, 7) is 1.01. The van der Waals surface area contributed by atoms with Crippen LogP contribution in [0.4, 0.5) is 0 Å². The third-order valence-electron chi connectivity index (χ3n) is 9.22. The topological polar surface area (TPSA) is 48.0 Å². The van der Waals surface area contributed by atoms with E-state index in [1.807, 2.05) is 48.5 Å². The Labute approximate surface area is 231 Å². The molecule has 1 spiro atoms. The summed E-state index contributed by atoms with van der Waals surface area (Å²) in [6, 6.07) is 25.2. The lowest BCUT2D eigenvalue weighted by Crippen LogP contribution is -2.44. The molecule has 0 unspecified atom stereocenters. The molecule has 6 rings (SSSR count). The number of benzene rings is 3. The Morgan fingerprint density at radius 1 is 0.769 bits per heavy atom. The van der Waals surface area contributed by atoms with Crippen LogP contribution >= 0.6 is 0 Å². The van der Waals surface area contributed by atoms with Crippen LogP contribution in [-0.4, -0.2) is 44.6 Å². The minimum Gasteiger partial charge on any atom is -0.497 e. The van der Waals surface area contributed by atoms with Crippen LogP contribution in [0, 0.1) is 5.41 Å². The van der Waals surface area contributed by atoms with Crippen molar-refractivity contribution in [2.45, 2.75) is 50.1 Å². The molecule has 202 valence electrons. The highest BCUT2D eigenvalue weighted by molar-refractivity contribution is 6.05. The zero-order chi connectivity index (χ0) is 27.0. The maximum Gasteiger partial charge on any atom is 0.167 e. The molecule has 0 N–H and O–H groups in total. The fraction of sp³-hybridized carbons (Fsp3) is 0.382. The Balaban J connectivity index is 1.50. The number of ether oxygens (including phenoxy) is 3. The van der Waals surface area contributed by atoms with Crippen LogP contribution in [0.1, 0.15) is 60.8 Å². The summed E-state index contributed by atoms with van der Waals surface area (Å²) in [6.07, 6.45) is 7.06. The first-order valence-electron chi connectivity index (χ1n) is 14.0. The number of methoxy groups -OCH3 is 3. The summed E-state index contributed by atoms with van der Waals surface area (Å²) >= 11 is 0. The van der Waals surface area contributed by atoms with Gasteiger partial charge in [-0.05, 0) is 103 Å². The van der Waals surface area contributed by atoms with Crippen molar-refractivity contribution in [3.8, 4) is 17.2 Å². The minimum atomic E-state index is -0.537. The maximum absolute atomic E-state index is 15.0. The van der Waals surface area contributed by atoms with E-state index in [1.54, 1.807) is 21.3 Å². The molecule has 0 aromatic heterocycles. The Morgan fingerprint density at radius 3 is 1.92 bits per heavy atom. The molecule has 0 bridgehead atoms. The second-order valence-corrected chi connectivity index (χ2v) is 11.0. The smallest absolute Gasteiger partial charge is 0.167 e. The van der Waals surface area contributed by atoms with Crippen molar-refractivity contribution in [2.24, 2.45) is 5.41 Å².